The van der Waals surface area contributed by atoms with Gasteiger partial charge in [0.1, 0.15) is 78.3 Å². The van der Waals surface area contributed by atoms with E-state index in [1.165, 1.54) is 7.11 Å². The van der Waals surface area contributed by atoms with Gasteiger partial charge >= 0.3 is 17.9 Å². The lowest BCUT2D eigenvalue weighted by atomic mass is 9.90. The van der Waals surface area contributed by atoms with E-state index in [4.69, 9.17) is 74.2 Å². The third-order valence-corrected chi connectivity index (χ3v) is 12.2. The fraction of sp³-hybridized carbons (Fsp3) is 0.209. The Hall–Kier alpha value is -10.4. The summed E-state index contributed by atoms with van der Waals surface area (Å²) in [5, 5.41) is 50.1. The highest BCUT2D eigenvalue weighted by Crippen LogP contribution is 2.53. The average molecular weight is 1420 g/mol. The van der Waals surface area contributed by atoms with E-state index in [1.807, 2.05) is 115 Å². The number of carbonyl (C=O) groups excluding carboxylic acids is 6. The monoisotopic (exact) mass is 1420 g/mol. The van der Waals surface area contributed by atoms with Crippen LogP contribution in [0.25, 0.3) is 27.5 Å². The molecule has 2 aliphatic heterocycles. The molecule has 1 aromatic heterocycles. The summed E-state index contributed by atoms with van der Waals surface area (Å²) < 4.78 is 29.7. The predicted molar refractivity (Wildman–Crippen MR) is 361 cm³/mol. The fourth-order valence-corrected chi connectivity index (χ4v) is 8.03. The summed E-state index contributed by atoms with van der Waals surface area (Å²) in [5.41, 5.74) is 14.6. The molecule has 3 amide bonds. The molecule has 0 atom stereocenters. The number of nitrogens with one attached hydrogen (secondary N) is 3. The molecule has 9 rings (SSSR count). The van der Waals surface area contributed by atoms with Crippen molar-refractivity contribution in [2.75, 3.05) is 59.7 Å². The SMILES string of the molecule is C.C=CC(=O)OCCNC(=O)C(C#N)=C1c2ccccc2Oc2ccccc21.C=CC(=O)OCCNC(=O)CC#N.COC(=O)CC#N.ClC1(Cl)c2ccccc2Oc2ccccc21.I.N#CCC(=O)NCCN.NCCO.O=c1c2ccccc2oc2ccccc12. The Bertz CT molecular complexity index is 3770. The van der Waals surface area contributed by atoms with Crippen LogP contribution in [-0.4, -0.2) is 100 Å². The number of alkyl halides is 2. The number of esters is 3. The van der Waals surface area contributed by atoms with Crippen LogP contribution in [0, 0.1) is 45.3 Å². The van der Waals surface area contributed by atoms with Crippen LogP contribution in [0.15, 0.2) is 186 Å². The normalized spacial score (nSPS) is 10.5. The molecule has 0 fully saturated rings. The summed E-state index contributed by atoms with van der Waals surface area (Å²) in [7, 11) is 1.25. The molecule has 0 spiro atoms. The Labute approximate surface area is 564 Å². The second-order valence-electron chi connectivity index (χ2n) is 17.6. The minimum atomic E-state index is -1.04. The number of hydrogen-bond acceptors (Lipinski definition) is 20. The number of hydrogen-bond donors (Lipinski definition) is 6. The van der Waals surface area contributed by atoms with Gasteiger partial charge in [0.15, 0.2) is 4.33 Å². The van der Waals surface area contributed by atoms with E-state index in [2.05, 4.69) is 38.6 Å². The lowest BCUT2D eigenvalue weighted by molar-refractivity contribution is -0.139. The zero-order chi connectivity index (χ0) is 67.0. The van der Waals surface area contributed by atoms with Gasteiger partial charge in [-0.2, -0.15) is 21.0 Å². The van der Waals surface area contributed by atoms with E-state index < -0.39 is 28.1 Å². The standard InChI is InChI=1S/C21H16N2O4.C13H8Cl2O.C13H8O2.C8H10N2O3.C5H9N3O.C4H5NO2.C2H7NO.CH4.HI/c1-2-19(24)26-12-11-23-21(25)16(13-22)20-14-7-3-5-9-17(14)27-18-10-6-4-8-15(18)20;14-13(15)9-5-1-3-7-11(9)16-12-8-4-2-6-10(12)13;14-13-9-5-1-3-7-11(9)15-12-8-4-2-6-10(12)13;1-2-8(12)13-6-5-10-7(11)3-4-9;6-2-1-5(9)8-4-3-7;1-7-4(6)2-3-5;3-1-2-4;;/h2-10H,1,11-12H2,(H,23,25);1-8H;1-8H;2H,1,3,5-6H2,(H,10,11);1,3-4,7H2,(H,8,9);2H2,1H3;4H,1-3H2;1H4;1H. The maximum absolute atomic E-state index is 12.6. The highest BCUT2D eigenvalue weighted by atomic mass is 127. The summed E-state index contributed by atoms with van der Waals surface area (Å²) in [6, 6.07) is 51.2. The van der Waals surface area contributed by atoms with Crippen molar-refractivity contribution in [3.8, 4) is 47.3 Å². The van der Waals surface area contributed by atoms with Crippen LogP contribution in [0.3, 0.4) is 0 Å². The van der Waals surface area contributed by atoms with Crippen molar-refractivity contribution in [2.24, 2.45) is 11.5 Å². The highest BCUT2D eigenvalue weighted by molar-refractivity contribution is 14.0. The molecule has 8 N–H and O–H groups in total. The highest BCUT2D eigenvalue weighted by Gasteiger charge is 2.38. The number of nitrogens with zero attached hydrogens (tertiary/aromatic N) is 4. The number of halogens is 3. The van der Waals surface area contributed by atoms with Crippen LogP contribution in [0.5, 0.6) is 23.0 Å². The van der Waals surface area contributed by atoms with E-state index in [-0.39, 0.29) is 106 Å². The number of benzene rings is 6. The molecule has 0 aliphatic carbocycles. The molecular formula is C67H68Cl2IN9O14. The second kappa shape index (κ2) is 44.9. The first-order valence-electron chi connectivity index (χ1n) is 27.2. The first-order chi connectivity index (χ1) is 43.9. The van der Waals surface area contributed by atoms with Gasteiger partial charge in [-0.05, 0) is 48.5 Å². The quantitative estimate of drug-likeness (QED) is 0.00813. The number of rotatable bonds is 15. The van der Waals surface area contributed by atoms with Gasteiger partial charge < -0.3 is 60.6 Å². The van der Waals surface area contributed by atoms with Crippen LogP contribution in [-0.2, 0) is 47.3 Å². The molecule has 0 saturated carbocycles. The summed E-state index contributed by atoms with van der Waals surface area (Å²) in [5.74, 6) is -0.197. The summed E-state index contributed by atoms with van der Waals surface area (Å²) in [6.07, 6.45) is 1.66. The van der Waals surface area contributed by atoms with E-state index in [9.17, 15) is 38.8 Å². The lowest BCUT2D eigenvalue weighted by Gasteiger charge is -2.30. The summed E-state index contributed by atoms with van der Waals surface area (Å²) in [4.78, 5) is 77.2. The molecule has 486 valence electrons. The zero-order valence-electron chi connectivity index (χ0n) is 49.6. The van der Waals surface area contributed by atoms with Gasteiger partial charge in [-0.15, -0.1) is 24.0 Å². The van der Waals surface area contributed by atoms with Crippen molar-refractivity contribution in [1.29, 1.82) is 21.0 Å². The number of nitrogens with two attached hydrogens (primary N) is 2. The Morgan fingerprint density at radius 3 is 1.38 bits per heavy atom. The predicted octanol–water partition coefficient (Wildman–Crippen LogP) is 9.37. The first-order valence-corrected chi connectivity index (χ1v) is 28.0. The van der Waals surface area contributed by atoms with Crippen molar-refractivity contribution in [3.05, 3.63) is 209 Å². The second-order valence-corrected chi connectivity index (χ2v) is 19.0. The van der Waals surface area contributed by atoms with E-state index in [1.54, 1.807) is 54.6 Å². The van der Waals surface area contributed by atoms with Crippen LogP contribution in [0.2, 0.25) is 0 Å². The smallest absolute Gasteiger partial charge is 0.330 e. The molecule has 2 aliphatic rings. The maximum atomic E-state index is 12.6. The van der Waals surface area contributed by atoms with Gasteiger partial charge in [0.25, 0.3) is 5.91 Å². The molecule has 0 unspecified atom stereocenters. The van der Waals surface area contributed by atoms with Crippen molar-refractivity contribution < 1.29 is 62.0 Å². The molecule has 23 nitrogen and oxygen atoms in total. The summed E-state index contributed by atoms with van der Waals surface area (Å²) in [6.45, 7) is 8.19. The van der Waals surface area contributed by atoms with Gasteiger partial charge in [-0.1, -0.05) is 141 Å². The largest absolute Gasteiger partial charge is 0.468 e. The van der Waals surface area contributed by atoms with Crippen LogP contribution >= 0.6 is 47.2 Å². The number of methoxy groups -OCH3 is 1. The number of amides is 3. The van der Waals surface area contributed by atoms with Crippen LogP contribution in [0.4, 0.5) is 0 Å². The molecule has 6 aromatic carbocycles. The van der Waals surface area contributed by atoms with Crippen LogP contribution in [0.1, 0.15) is 48.9 Å². The minimum absolute atomic E-state index is 0. The molecule has 3 heterocycles. The maximum Gasteiger partial charge on any atom is 0.330 e. The van der Waals surface area contributed by atoms with Crippen molar-refractivity contribution in [3.63, 3.8) is 0 Å². The number of fused-ring (bicyclic) bond motifs is 6. The number of aliphatic hydroxyl groups is 1. The van der Waals surface area contributed by atoms with Crippen molar-refractivity contribution in [2.45, 2.75) is 31.0 Å². The van der Waals surface area contributed by atoms with Gasteiger partial charge in [-0.3, -0.25) is 24.0 Å². The Morgan fingerprint density at radius 1 is 0.591 bits per heavy atom. The van der Waals surface area contributed by atoms with Gasteiger partial charge in [-0.25, -0.2) is 9.59 Å². The minimum Gasteiger partial charge on any atom is -0.468 e. The molecule has 7 aromatic rings. The number of carbonyl (C=O) groups is 6. The molecule has 0 saturated heterocycles. The number of aliphatic hydroxyl groups excluding tert-OH is 1. The molecule has 26 heteroatoms. The van der Waals surface area contributed by atoms with E-state index >= 15 is 0 Å². The fourth-order valence-electron chi connectivity index (χ4n) is 7.40. The van der Waals surface area contributed by atoms with E-state index in [0.717, 1.165) is 23.3 Å². The molecule has 0 radical (unpaired) electrons. The van der Waals surface area contributed by atoms with Crippen LogP contribution < -0.4 is 42.3 Å². The molecular weight excluding hydrogens is 1350 g/mol. The van der Waals surface area contributed by atoms with E-state index in [0.29, 0.717) is 81.3 Å². The summed E-state index contributed by atoms with van der Waals surface area (Å²) >= 11 is 12.8. The third kappa shape index (κ3) is 26.5. The Morgan fingerprint density at radius 2 is 0.978 bits per heavy atom. The molecule has 0 bridgehead atoms. The third-order valence-electron chi connectivity index (χ3n) is 11.4. The number of nitriles is 4. The first kappa shape index (κ1) is 80.6. The zero-order valence-corrected chi connectivity index (χ0v) is 53.4. The van der Waals surface area contributed by atoms with Crippen molar-refractivity contribution in [1.82, 2.24) is 16.0 Å². The van der Waals surface area contributed by atoms with Gasteiger partial charge in [0.05, 0.1) is 55.8 Å². The number of para-hydroxylation sites is 6. The average Bonchev–Trinajstić information content (AvgIpc) is 0.781. The molecule has 93 heavy (non-hydrogen) atoms. The topological polar surface area (TPSA) is 382 Å². The van der Waals surface area contributed by atoms with Gasteiger partial charge in [0.2, 0.25) is 17.2 Å². The lowest BCUT2D eigenvalue weighted by Crippen LogP contribution is -2.29. The van der Waals surface area contributed by atoms with Gasteiger partial charge in [0, 0.05) is 59.6 Å². The van der Waals surface area contributed by atoms with Crippen molar-refractivity contribution >= 4 is 110 Å². The Kier molecular flexibility index (Phi) is 38.9. The number of ether oxygens (including phenoxy) is 5. The Balaban J connectivity index is 0.000000577.